The van der Waals surface area contributed by atoms with Crippen LogP contribution in [0.3, 0.4) is 0 Å². The fraction of sp³-hybridized carbons (Fsp3) is 0.433. The summed E-state index contributed by atoms with van der Waals surface area (Å²) in [5.41, 5.74) is 18.5. The largest absolute Gasteiger partial charge is 0.416 e. The summed E-state index contributed by atoms with van der Waals surface area (Å²) in [4.78, 5) is 30.8. The number of carbonyl (C=O) groups is 2. The van der Waals surface area contributed by atoms with Gasteiger partial charge in [-0.15, -0.1) is 0 Å². The maximum Gasteiger partial charge on any atom is 0.416 e. The predicted molar refractivity (Wildman–Crippen MR) is 158 cm³/mol. The molecular weight excluding hydrogens is 547 g/mol. The van der Waals surface area contributed by atoms with Crippen LogP contribution in [0.2, 0.25) is 0 Å². The van der Waals surface area contributed by atoms with Gasteiger partial charge in [0.25, 0.3) is 0 Å². The molecule has 3 aromatic rings. The van der Waals surface area contributed by atoms with Gasteiger partial charge in [-0.3, -0.25) is 14.6 Å². The van der Waals surface area contributed by atoms with Crippen LogP contribution in [0.15, 0.2) is 60.8 Å². The topological polar surface area (TPSA) is 149 Å². The summed E-state index contributed by atoms with van der Waals surface area (Å²) in [5, 5.41) is 6.32. The smallest absolute Gasteiger partial charge is 0.343 e. The van der Waals surface area contributed by atoms with Gasteiger partial charge in [-0.1, -0.05) is 36.4 Å². The molecular formula is C30H41F3N7O2+. The number of anilines is 1. The van der Waals surface area contributed by atoms with E-state index in [1.807, 2.05) is 24.3 Å². The van der Waals surface area contributed by atoms with E-state index in [-0.39, 0.29) is 12.8 Å². The lowest BCUT2D eigenvalue weighted by atomic mass is 10.0. The van der Waals surface area contributed by atoms with Gasteiger partial charge in [-0.05, 0) is 49.4 Å². The van der Waals surface area contributed by atoms with Gasteiger partial charge in [0.05, 0.1) is 55.7 Å². The number of rotatable bonds is 15. The van der Waals surface area contributed by atoms with E-state index in [1.165, 1.54) is 12.3 Å². The number of halogens is 3. The number of nitrogens with zero attached hydrogens (tertiary/aromatic N) is 2. The zero-order valence-corrected chi connectivity index (χ0v) is 23.9. The molecule has 0 spiro atoms. The average Bonchev–Trinajstić information content (AvgIpc) is 2.94. The number of aromatic nitrogens is 1. The lowest BCUT2D eigenvalue weighted by Crippen LogP contribution is -2.52. The van der Waals surface area contributed by atoms with Crippen LogP contribution in [-0.4, -0.2) is 73.1 Å². The van der Waals surface area contributed by atoms with E-state index in [0.717, 1.165) is 42.7 Å². The molecule has 0 aliphatic carbocycles. The van der Waals surface area contributed by atoms with Gasteiger partial charge in [0, 0.05) is 18.5 Å². The number of carbonyl (C=O) groups excluding carboxylic acids is 2. The third-order valence-electron chi connectivity index (χ3n) is 7.35. The van der Waals surface area contributed by atoms with Crippen LogP contribution in [0.1, 0.15) is 30.4 Å². The van der Waals surface area contributed by atoms with Crippen LogP contribution in [0.5, 0.6) is 0 Å². The Morgan fingerprint density at radius 2 is 1.67 bits per heavy atom. The Labute approximate surface area is 244 Å². The molecule has 8 N–H and O–H groups in total. The van der Waals surface area contributed by atoms with Crippen LogP contribution < -0.4 is 27.8 Å². The summed E-state index contributed by atoms with van der Waals surface area (Å²) in [7, 11) is 2.06. The van der Waals surface area contributed by atoms with Gasteiger partial charge < -0.3 is 32.3 Å². The molecule has 0 fully saturated rings. The highest BCUT2D eigenvalue weighted by molar-refractivity contribution is 5.98. The minimum Gasteiger partial charge on any atom is -0.343 e. The molecule has 2 atom stereocenters. The third kappa shape index (κ3) is 9.76. The number of hydrogen-bond donors (Lipinski definition) is 5. The molecule has 1 heterocycles. The van der Waals surface area contributed by atoms with E-state index in [4.69, 9.17) is 17.2 Å². The van der Waals surface area contributed by atoms with Crippen LogP contribution in [0.4, 0.5) is 18.9 Å². The molecule has 228 valence electrons. The fourth-order valence-electron chi connectivity index (χ4n) is 4.91. The Balaban J connectivity index is 1.70. The molecule has 0 saturated carbocycles. The predicted octanol–water partition coefficient (Wildman–Crippen LogP) is 2.78. The van der Waals surface area contributed by atoms with Crippen LogP contribution in [0.25, 0.3) is 10.9 Å². The molecule has 2 aromatic carbocycles. The zero-order valence-electron chi connectivity index (χ0n) is 23.9. The minimum atomic E-state index is -4.49. The number of alkyl halides is 3. The summed E-state index contributed by atoms with van der Waals surface area (Å²) in [6.07, 6.45) is -1.76. The van der Waals surface area contributed by atoms with Crippen molar-refractivity contribution in [1.82, 2.24) is 10.3 Å². The maximum atomic E-state index is 13.3. The summed E-state index contributed by atoms with van der Waals surface area (Å²) in [5.74, 6) is -1.03. The molecule has 3 rings (SSSR count). The first kappa shape index (κ1) is 32.9. The molecule has 2 amide bonds. The molecule has 1 aromatic heterocycles. The number of amides is 2. The number of nitrogens with two attached hydrogens (primary N) is 3. The number of pyridine rings is 1. The first-order valence-corrected chi connectivity index (χ1v) is 14.1. The molecule has 42 heavy (non-hydrogen) atoms. The Morgan fingerprint density at radius 1 is 0.952 bits per heavy atom. The lowest BCUT2D eigenvalue weighted by molar-refractivity contribution is -0.907. The van der Waals surface area contributed by atoms with E-state index < -0.39 is 35.6 Å². The maximum absolute atomic E-state index is 13.3. The van der Waals surface area contributed by atoms with Gasteiger partial charge in [0.2, 0.25) is 11.8 Å². The average molecular weight is 589 g/mol. The normalized spacial score (nSPS) is 13.5. The molecule has 9 nitrogen and oxygen atoms in total. The Bertz CT molecular complexity index is 1330. The van der Waals surface area contributed by atoms with Crippen molar-refractivity contribution in [1.29, 1.82) is 0 Å². The molecule has 0 saturated heterocycles. The number of benzene rings is 2. The summed E-state index contributed by atoms with van der Waals surface area (Å²) in [6, 6.07) is 12.2. The highest BCUT2D eigenvalue weighted by Crippen LogP contribution is 2.30. The second kappa shape index (κ2) is 15.1. The highest BCUT2D eigenvalue weighted by atomic mass is 19.4. The van der Waals surface area contributed by atoms with Crippen molar-refractivity contribution < 1.29 is 27.2 Å². The SMILES string of the molecule is C[N+](CCN)(CCN)CCC[C@@H](N)C(=O)N[C@H](CCc1cccc(C(F)(F)F)c1)C(=O)Nc1cnc2ccccc2c1. The standard InChI is InChI=1S/C30H40F3N7O2/c1-40(16-13-34,17-14-35)15-5-9-25(36)28(41)39-27(12-11-21-6-4-8-23(18-21)30(31,32)33)29(42)38-24-19-22-7-2-3-10-26(22)37-20-24/h2-4,6-8,10,18-20,25,27H,5,9,11-17,34-36H2,1H3,(H-,38,39,41,42)/p+1/t25-,27-/m1/s1. The second-order valence-electron chi connectivity index (χ2n) is 10.8. The number of para-hydroxylation sites is 1. The van der Waals surface area contributed by atoms with Crippen molar-refractivity contribution in [3.63, 3.8) is 0 Å². The van der Waals surface area contributed by atoms with Crippen molar-refractivity contribution in [3.8, 4) is 0 Å². The Morgan fingerprint density at radius 3 is 2.36 bits per heavy atom. The monoisotopic (exact) mass is 588 g/mol. The van der Waals surface area contributed by atoms with Crippen molar-refractivity contribution in [3.05, 3.63) is 71.9 Å². The van der Waals surface area contributed by atoms with Crippen molar-refractivity contribution >= 4 is 28.4 Å². The van der Waals surface area contributed by atoms with E-state index in [1.54, 1.807) is 12.1 Å². The van der Waals surface area contributed by atoms with Crippen molar-refractivity contribution in [2.75, 3.05) is 45.1 Å². The molecule has 0 aliphatic rings. The molecule has 0 aliphatic heterocycles. The summed E-state index contributed by atoms with van der Waals surface area (Å²) >= 11 is 0. The minimum absolute atomic E-state index is 0.0641. The number of nitrogens with one attached hydrogen (secondary N) is 2. The van der Waals surface area contributed by atoms with Crippen LogP contribution >= 0.6 is 0 Å². The second-order valence-corrected chi connectivity index (χ2v) is 10.8. The van der Waals surface area contributed by atoms with E-state index in [0.29, 0.717) is 41.7 Å². The molecule has 0 unspecified atom stereocenters. The zero-order chi connectivity index (χ0) is 30.8. The first-order chi connectivity index (χ1) is 19.9. The van der Waals surface area contributed by atoms with Crippen LogP contribution in [0, 0.1) is 0 Å². The number of quaternary nitrogens is 1. The van der Waals surface area contributed by atoms with E-state index >= 15 is 0 Å². The van der Waals surface area contributed by atoms with Crippen molar-refractivity contribution in [2.24, 2.45) is 17.2 Å². The fourth-order valence-corrected chi connectivity index (χ4v) is 4.91. The Hall–Kier alpha value is -3.58. The summed E-state index contributed by atoms with van der Waals surface area (Å²) in [6.45, 7) is 3.26. The summed E-state index contributed by atoms with van der Waals surface area (Å²) < 4.78 is 40.3. The van der Waals surface area contributed by atoms with Crippen LogP contribution in [-0.2, 0) is 22.2 Å². The van der Waals surface area contributed by atoms with Crippen molar-refractivity contribution in [2.45, 2.75) is 43.9 Å². The number of aryl methyl sites for hydroxylation is 1. The van der Waals surface area contributed by atoms with Gasteiger partial charge in [0.1, 0.15) is 6.04 Å². The third-order valence-corrected chi connectivity index (χ3v) is 7.35. The molecule has 0 radical (unpaired) electrons. The van der Waals surface area contributed by atoms with Gasteiger partial charge in [0.15, 0.2) is 0 Å². The lowest BCUT2D eigenvalue weighted by Gasteiger charge is -2.34. The Kier molecular flexibility index (Phi) is 11.8. The molecule has 0 bridgehead atoms. The van der Waals surface area contributed by atoms with E-state index in [2.05, 4.69) is 22.7 Å². The van der Waals surface area contributed by atoms with E-state index in [9.17, 15) is 22.8 Å². The first-order valence-electron chi connectivity index (χ1n) is 14.1. The highest BCUT2D eigenvalue weighted by Gasteiger charge is 2.31. The van der Waals surface area contributed by atoms with Gasteiger partial charge in [-0.25, -0.2) is 0 Å². The molecule has 12 heteroatoms. The number of fused-ring (bicyclic) bond motifs is 1. The van der Waals surface area contributed by atoms with Gasteiger partial charge >= 0.3 is 6.18 Å². The quantitative estimate of drug-likeness (QED) is 0.172. The number of hydrogen-bond acceptors (Lipinski definition) is 6. The number of likely N-dealkylation sites (N-methyl/N-ethyl adjacent to an activating group) is 1. The van der Waals surface area contributed by atoms with Gasteiger partial charge in [-0.2, -0.15) is 13.2 Å².